The molecule has 3 aromatic carbocycles. The number of aromatic hydroxyl groups is 1. The molecular weight excluding hydrogens is 556 g/mol. The van der Waals surface area contributed by atoms with E-state index in [-0.39, 0.29) is 51.7 Å². The summed E-state index contributed by atoms with van der Waals surface area (Å²) in [4.78, 5) is 51.3. The van der Waals surface area contributed by atoms with Crippen molar-refractivity contribution in [2.75, 3.05) is 6.61 Å². The predicted molar refractivity (Wildman–Crippen MR) is 156 cm³/mol. The maximum absolute atomic E-state index is 14.1. The van der Waals surface area contributed by atoms with Crippen molar-refractivity contribution in [3.8, 4) is 22.9 Å². The molecule has 2 heterocycles. The fourth-order valence-corrected chi connectivity index (χ4v) is 5.18. The van der Waals surface area contributed by atoms with Gasteiger partial charge < -0.3 is 20.1 Å². The van der Waals surface area contributed by atoms with Crippen LogP contribution in [0.1, 0.15) is 61.6 Å². The summed E-state index contributed by atoms with van der Waals surface area (Å²) in [5, 5.41) is 35.3. The van der Waals surface area contributed by atoms with Crippen molar-refractivity contribution in [1.82, 2.24) is 19.6 Å². The summed E-state index contributed by atoms with van der Waals surface area (Å²) in [6.45, 7) is 5.35. The first-order chi connectivity index (χ1) is 20.5. The minimum Gasteiger partial charge on any atom is -0.504 e. The average molecular weight is 585 g/mol. The summed E-state index contributed by atoms with van der Waals surface area (Å²) in [5.41, 5.74) is 1.23. The molecule has 0 fully saturated rings. The normalized spacial score (nSPS) is 11.2. The van der Waals surface area contributed by atoms with E-state index in [1.165, 1.54) is 51.8 Å². The highest BCUT2D eigenvalue weighted by Gasteiger charge is 2.31. The van der Waals surface area contributed by atoms with E-state index in [1.807, 2.05) is 0 Å². The van der Waals surface area contributed by atoms with Gasteiger partial charge in [-0.1, -0.05) is 18.2 Å². The third-order valence-electron chi connectivity index (χ3n) is 7.13. The molecule has 12 nitrogen and oxygen atoms in total. The number of rotatable bonds is 9. The Morgan fingerprint density at radius 2 is 1.28 bits per heavy atom. The number of phenols is 1. The summed E-state index contributed by atoms with van der Waals surface area (Å²) < 4.78 is 8.02. The lowest BCUT2D eigenvalue weighted by molar-refractivity contribution is 0.0686. The van der Waals surface area contributed by atoms with Crippen LogP contribution >= 0.6 is 0 Å². The van der Waals surface area contributed by atoms with Gasteiger partial charge >= 0.3 is 11.9 Å². The van der Waals surface area contributed by atoms with E-state index in [9.17, 15) is 34.5 Å². The minimum atomic E-state index is -1.15. The third-order valence-corrected chi connectivity index (χ3v) is 7.13. The molecule has 5 rings (SSSR count). The number of carboxylic acid groups (broad SMARTS) is 2. The first-order valence-corrected chi connectivity index (χ1v) is 13.3. The Morgan fingerprint density at radius 1 is 0.791 bits per heavy atom. The molecular formula is C31H28N4O8. The molecule has 0 aliphatic rings. The molecule has 0 aliphatic heterocycles. The van der Waals surface area contributed by atoms with Crippen LogP contribution in [0.25, 0.3) is 11.4 Å². The van der Waals surface area contributed by atoms with Crippen LogP contribution in [0, 0.1) is 13.8 Å². The van der Waals surface area contributed by atoms with Gasteiger partial charge in [0, 0.05) is 17.3 Å². The van der Waals surface area contributed by atoms with E-state index >= 15 is 0 Å². The number of carbonyl (C=O) groups is 2. The number of phenolic OH excluding ortho intramolecular Hbond substituents is 1. The number of aromatic amines is 2. The molecule has 43 heavy (non-hydrogen) atoms. The van der Waals surface area contributed by atoms with Crippen molar-refractivity contribution in [1.29, 1.82) is 0 Å². The van der Waals surface area contributed by atoms with Crippen molar-refractivity contribution in [3.05, 3.63) is 127 Å². The number of aromatic carboxylic acids is 2. The van der Waals surface area contributed by atoms with Crippen molar-refractivity contribution >= 4 is 11.9 Å². The lowest BCUT2D eigenvalue weighted by Crippen LogP contribution is -2.25. The highest BCUT2D eigenvalue weighted by atomic mass is 16.5. The first kappa shape index (κ1) is 28.7. The monoisotopic (exact) mass is 584 g/mol. The molecule has 5 N–H and O–H groups in total. The Kier molecular flexibility index (Phi) is 7.51. The molecule has 0 bridgehead atoms. The molecule has 0 unspecified atom stereocenters. The van der Waals surface area contributed by atoms with Crippen LogP contribution < -0.4 is 15.9 Å². The lowest BCUT2D eigenvalue weighted by Gasteiger charge is -2.17. The number of aromatic nitrogens is 4. The zero-order valence-corrected chi connectivity index (χ0v) is 23.4. The second-order valence-corrected chi connectivity index (χ2v) is 9.89. The van der Waals surface area contributed by atoms with Gasteiger partial charge in [0.15, 0.2) is 11.5 Å². The molecule has 220 valence electrons. The maximum atomic E-state index is 14.1. The minimum absolute atomic E-state index is 0.0115. The summed E-state index contributed by atoms with van der Waals surface area (Å²) in [6, 6.07) is 16.3. The van der Waals surface area contributed by atoms with Crippen LogP contribution in [0.5, 0.6) is 11.5 Å². The Bertz CT molecular complexity index is 1880. The van der Waals surface area contributed by atoms with Gasteiger partial charge in [0.05, 0.1) is 40.2 Å². The van der Waals surface area contributed by atoms with E-state index in [0.29, 0.717) is 17.0 Å². The zero-order chi connectivity index (χ0) is 31.0. The SMILES string of the molecule is CCOc1cc(C(c2c(C)[nH]n(-c3cccc(C(=O)O)c3)c2=O)c2c(C)[nH]n(-c3cccc(C(=O)O)c3)c2=O)ccc1O. The Morgan fingerprint density at radius 3 is 1.72 bits per heavy atom. The highest BCUT2D eigenvalue weighted by molar-refractivity contribution is 5.88. The van der Waals surface area contributed by atoms with Gasteiger partial charge in [0.2, 0.25) is 0 Å². The lowest BCUT2D eigenvalue weighted by atomic mass is 9.85. The number of aryl methyl sites for hydroxylation is 2. The van der Waals surface area contributed by atoms with Crippen LogP contribution in [0.3, 0.4) is 0 Å². The van der Waals surface area contributed by atoms with Gasteiger partial charge in [-0.3, -0.25) is 19.8 Å². The van der Waals surface area contributed by atoms with Crippen molar-refractivity contribution in [3.63, 3.8) is 0 Å². The number of H-pyrrole nitrogens is 2. The Balaban J connectivity index is 1.77. The summed E-state index contributed by atoms with van der Waals surface area (Å²) in [6.07, 6.45) is 0. The van der Waals surface area contributed by atoms with Crippen molar-refractivity contribution < 1.29 is 29.6 Å². The number of nitrogens with zero attached hydrogens (tertiary/aromatic N) is 2. The van der Waals surface area contributed by atoms with Gasteiger partial charge in [0.25, 0.3) is 11.1 Å². The largest absolute Gasteiger partial charge is 0.504 e. The summed E-state index contributed by atoms with van der Waals surface area (Å²) >= 11 is 0. The quantitative estimate of drug-likeness (QED) is 0.173. The average Bonchev–Trinajstić information content (AvgIpc) is 3.45. The Hall–Kier alpha value is -5.78. The fourth-order valence-electron chi connectivity index (χ4n) is 5.18. The number of ether oxygens (including phenoxy) is 1. The zero-order valence-electron chi connectivity index (χ0n) is 23.4. The van der Waals surface area contributed by atoms with Crippen LogP contribution in [0.2, 0.25) is 0 Å². The number of hydrogen-bond donors (Lipinski definition) is 5. The Labute approximate surface area is 244 Å². The van der Waals surface area contributed by atoms with Crippen LogP contribution in [0.4, 0.5) is 0 Å². The molecule has 0 atom stereocenters. The topological polar surface area (TPSA) is 180 Å². The number of benzene rings is 3. The summed E-state index contributed by atoms with van der Waals surface area (Å²) in [7, 11) is 0. The molecule has 5 aromatic rings. The molecule has 0 amide bonds. The standard InChI is InChI=1S/C31H28N4O8/c1-4-43-24-15-18(11-12-23(24)36)27(25-16(2)32-34(28(25)37)21-9-5-7-19(13-21)30(39)40)26-17(3)33-35(29(26)38)22-10-6-8-20(14-22)31(41)42/h5-15,27,32-33,36H,4H2,1-3H3,(H,39,40)(H,41,42). The van der Waals surface area contributed by atoms with Crippen molar-refractivity contribution in [2.45, 2.75) is 26.7 Å². The number of nitrogens with one attached hydrogen (secondary N) is 2. The summed E-state index contributed by atoms with van der Waals surface area (Å²) in [5.74, 6) is -3.24. The molecule has 0 saturated carbocycles. The third kappa shape index (κ3) is 5.21. The molecule has 12 heteroatoms. The van der Waals surface area contributed by atoms with E-state index in [4.69, 9.17) is 4.74 Å². The van der Waals surface area contributed by atoms with Gasteiger partial charge in [-0.25, -0.2) is 19.0 Å². The van der Waals surface area contributed by atoms with E-state index in [1.54, 1.807) is 45.0 Å². The van der Waals surface area contributed by atoms with E-state index < -0.39 is 29.0 Å². The maximum Gasteiger partial charge on any atom is 0.335 e. The van der Waals surface area contributed by atoms with Crippen LogP contribution in [-0.2, 0) is 0 Å². The van der Waals surface area contributed by atoms with Gasteiger partial charge in [-0.15, -0.1) is 0 Å². The molecule has 0 spiro atoms. The van der Waals surface area contributed by atoms with Gasteiger partial charge in [-0.2, -0.15) is 0 Å². The van der Waals surface area contributed by atoms with Gasteiger partial charge in [0.1, 0.15) is 0 Å². The van der Waals surface area contributed by atoms with Crippen molar-refractivity contribution in [2.24, 2.45) is 0 Å². The van der Waals surface area contributed by atoms with E-state index in [0.717, 1.165) is 0 Å². The van der Waals surface area contributed by atoms with Crippen LogP contribution in [-0.4, -0.2) is 53.4 Å². The number of carboxylic acids is 2. The molecule has 0 aliphatic carbocycles. The smallest absolute Gasteiger partial charge is 0.335 e. The fraction of sp³-hybridized carbons (Fsp3) is 0.161. The molecule has 0 radical (unpaired) electrons. The molecule has 0 saturated heterocycles. The first-order valence-electron chi connectivity index (χ1n) is 13.3. The van der Waals surface area contributed by atoms with Gasteiger partial charge in [-0.05, 0) is 74.9 Å². The molecule has 2 aromatic heterocycles. The predicted octanol–water partition coefficient (Wildman–Crippen LogP) is 3.94. The highest BCUT2D eigenvalue weighted by Crippen LogP contribution is 2.37. The number of hydrogen-bond acceptors (Lipinski definition) is 6. The second kappa shape index (κ2) is 11.2. The van der Waals surface area contributed by atoms with Crippen LogP contribution in [0.15, 0.2) is 76.3 Å². The van der Waals surface area contributed by atoms with E-state index in [2.05, 4.69) is 10.2 Å². The second-order valence-electron chi connectivity index (χ2n) is 9.89.